The van der Waals surface area contributed by atoms with Gasteiger partial charge in [0.05, 0.1) is 12.2 Å². The average molecular weight is 230 g/mol. The summed E-state index contributed by atoms with van der Waals surface area (Å²) in [5.41, 5.74) is 0. The second-order valence-electron chi connectivity index (χ2n) is 5.07. The van der Waals surface area contributed by atoms with Crippen LogP contribution in [0.4, 0.5) is 0 Å². The summed E-state index contributed by atoms with van der Waals surface area (Å²) in [6, 6.07) is 0. The first-order chi connectivity index (χ1) is 7.50. The molecule has 2 aliphatic rings. The maximum atomic E-state index is 5.92. The van der Waals surface area contributed by atoms with E-state index in [-0.39, 0.29) is 12.2 Å². The van der Waals surface area contributed by atoms with E-state index in [0.717, 1.165) is 25.7 Å². The smallest absolute Gasteiger partial charge is 0.165 e. The topological polar surface area (TPSA) is 36.9 Å². The molecule has 0 radical (unpaired) electrons. The van der Waals surface area contributed by atoms with Gasteiger partial charge in [-0.2, -0.15) is 0 Å². The second-order valence-corrected chi connectivity index (χ2v) is 5.07. The van der Waals surface area contributed by atoms with Gasteiger partial charge in [0.15, 0.2) is 11.6 Å². The predicted molar refractivity (Wildman–Crippen MR) is 59.0 cm³/mol. The molecular formula is C12H22O4. The Hall–Kier alpha value is -0.160. The highest BCUT2D eigenvalue weighted by Crippen LogP contribution is 2.39. The quantitative estimate of drug-likeness (QED) is 0.743. The Bertz CT molecular complexity index is 231. The summed E-state index contributed by atoms with van der Waals surface area (Å²) in [6.07, 6.45) is 4.13. The molecule has 4 nitrogen and oxygen atoms in total. The zero-order valence-corrected chi connectivity index (χ0v) is 10.6. The zero-order valence-electron chi connectivity index (χ0n) is 10.6. The molecule has 94 valence electrons. The van der Waals surface area contributed by atoms with Crippen LogP contribution in [0.25, 0.3) is 0 Å². The molecule has 0 amide bonds. The number of hydrogen-bond donors (Lipinski definition) is 0. The number of methoxy groups -OCH3 is 2. The van der Waals surface area contributed by atoms with Crippen molar-refractivity contribution in [2.24, 2.45) is 0 Å². The Morgan fingerprint density at radius 1 is 0.875 bits per heavy atom. The van der Waals surface area contributed by atoms with Crippen molar-refractivity contribution in [2.45, 2.75) is 63.3 Å². The lowest BCUT2D eigenvalue weighted by atomic mass is 10.1. The minimum absolute atomic E-state index is 0.141. The van der Waals surface area contributed by atoms with Gasteiger partial charge in [-0.15, -0.1) is 0 Å². The van der Waals surface area contributed by atoms with Crippen LogP contribution in [-0.4, -0.2) is 38.0 Å². The molecule has 0 spiro atoms. The third-order valence-electron chi connectivity index (χ3n) is 3.85. The zero-order chi connectivity index (χ0) is 11.8. The molecule has 0 saturated carbocycles. The van der Waals surface area contributed by atoms with Gasteiger partial charge in [0.2, 0.25) is 0 Å². The molecule has 0 aromatic carbocycles. The van der Waals surface area contributed by atoms with Crippen molar-refractivity contribution in [3.05, 3.63) is 0 Å². The first-order valence-corrected chi connectivity index (χ1v) is 5.96. The highest BCUT2D eigenvalue weighted by molar-refractivity contribution is 4.88. The van der Waals surface area contributed by atoms with Gasteiger partial charge in [-0.05, 0) is 26.7 Å². The molecule has 2 saturated heterocycles. The summed E-state index contributed by atoms with van der Waals surface area (Å²) in [6.45, 7) is 3.97. The first-order valence-electron chi connectivity index (χ1n) is 5.96. The van der Waals surface area contributed by atoms with Crippen molar-refractivity contribution in [3.8, 4) is 0 Å². The van der Waals surface area contributed by atoms with E-state index in [0.29, 0.717) is 0 Å². The summed E-state index contributed by atoms with van der Waals surface area (Å²) in [5, 5.41) is 0. The predicted octanol–water partition coefficient (Wildman–Crippen LogP) is 2.07. The number of ether oxygens (including phenoxy) is 4. The van der Waals surface area contributed by atoms with E-state index in [1.165, 1.54) is 0 Å². The maximum absolute atomic E-state index is 5.92. The van der Waals surface area contributed by atoms with E-state index in [9.17, 15) is 0 Å². The van der Waals surface area contributed by atoms with Gasteiger partial charge in [-0.3, -0.25) is 0 Å². The summed E-state index contributed by atoms with van der Waals surface area (Å²) >= 11 is 0. The van der Waals surface area contributed by atoms with Crippen LogP contribution in [0.15, 0.2) is 0 Å². The Kier molecular flexibility index (Phi) is 3.27. The number of hydrogen-bond acceptors (Lipinski definition) is 4. The van der Waals surface area contributed by atoms with E-state index in [4.69, 9.17) is 18.9 Å². The summed E-state index contributed by atoms with van der Waals surface area (Å²) in [5.74, 6) is -0.861. The second kappa shape index (κ2) is 4.26. The van der Waals surface area contributed by atoms with E-state index in [2.05, 4.69) is 0 Å². The van der Waals surface area contributed by atoms with Gasteiger partial charge >= 0.3 is 0 Å². The molecule has 2 unspecified atom stereocenters. The van der Waals surface area contributed by atoms with Crippen molar-refractivity contribution >= 4 is 0 Å². The Morgan fingerprint density at radius 2 is 1.25 bits per heavy atom. The molecule has 2 heterocycles. The average Bonchev–Trinajstić information content (AvgIpc) is 2.84. The van der Waals surface area contributed by atoms with Gasteiger partial charge in [-0.1, -0.05) is 0 Å². The largest absolute Gasteiger partial charge is 0.353 e. The molecule has 16 heavy (non-hydrogen) atoms. The van der Waals surface area contributed by atoms with Crippen molar-refractivity contribution in [1.29, 1.82) is 0 Å². The summed E-state index contributed by atoms with van der Waals surface area (Å²) in [7, 11) is 3.38. The molecule has 0 aliphatic carbocycles. The Morgan fingerprint density at radius 3 is 1.50 bits per heavy atom. The molecular weight excluding hydrogens is 208 g/mol. The van der Waals surface area contributed by atoms with Crippen molar-refractivity contribution in [3.63, 3.8) is 0 Å². The molecule has 0 aromatic heterocycles. The van der Waals surface area contributed by atoms with Crippen molar-refractivity contribution < 1.29 is 18.9 Å². The van der Waals surface area contributed by atoms with E-state index < -0.39 is 11.6 Å². The van der Waals surface area contributed by atoms with Crippen LogP contribution in [-0.2, 0) is 18.9 Å². The molecule has 0 N–H and O–H groups in total. The van der Waals surface area contributed by atoms with E-state index in [1.54, 1.807) is 14.2 Å². The fraction of sp³-hybridized carbons (Fsp3) is 1.00. The molecule has 2 fully saturated rings. The first kappa shape index (κ1) is 12.3. The minimum Gasteiger partial charge on any atom is -0.353 e. The van der Waals surface area contributed by atoms with Crippen LogP contribution in [0.2, 0.25) is 0 Å². The summed E-state index contributed by atoms with van der Waals surface area (Å²) in [4.78, 5) is 0. The van der Waals surface area contributed by atoms with Gasteiger partial charge in [0.1, 0.15) is 0 Å². The van der Waals surface area contributed by atoms with Gasteiger partial charge in [-0.25, -0.2) is 0 Å². The molecule has 2 rings (SSSR count). The van der Waals surface area contributed by atoms with E-state index >= 15 is 0 Å². The van der Waals surface area contributed by atoms with Crippen LogP contribution in [0.3, 0.4) is 0 Å². The third-order valence-corrected chi connectivity index (χ3v) is 3.85. The van der Waals surface area contributed by atoms with Gasteiger partial charge in [0.25, 0.3) is 0 Å². The normalized spacial score (nSPS) is 48.8. The minimum atomic E-state index is -0.430. The molecule has 4 atom stereocenters. The molecule has 4 heteroatoms. The SMILES string of the molecule is COC1(C)CC[C@@H]([C@H]2CCC(C)(OC)O2)O1. The van der Waals surface area contributed by atoms with Crippen molar-refractivity contribution in [2.75, 3.05) is 14.2 Å². The highest BCUT2D eigenvalue weighted by Gasteiger charge is 2.46. The fourth-order valence-corrected chi connectivity index (χ4v) is 2.51. The van der Waals surface area contributed by atoms with Gasteiger partial charge < -0.3 is 18.9 Å². The Labute approximate surface area is 97.2 Å². The lowest BCUT2D eigenvalue weighted by Crippen LogP contribution is -2.35. The third kappa shape index (κ3) is 2.25. The monoisotopic (exact) mass is 230 g/mol. The van der Waals surface area contributed by atoms with Gasteiger partial charge in [0, 0.05) is 27.1 Å². The Balaban J connectivity index is 1.92. The van der Waals surface area contributed by atoms with Crippen LogP contribution in [0.1, 0.15) is 39.5 Å². The standard InChI is InChI=1S/C12H22O4/c1-11(13-3)7-5-9(15-11)10-6-8-12(2,14-4)16-10/h9-10H,5-8H2,1-4H3/t9-,10+,11?,12?. The molecule has 0 bridgehead atoms. The summed E-state index contributed by atoms with van der Waals surface area (Å²) < 4.78 is 22.5. The van der Waals surface area contributed by atoms with Crippen LogP contribution in [0, 0.1) is 0 Å². The lowest BCUT2D eigenvalue weighted by Gasteiger charge is -2.27. The molecule has 2 aliphatic heterocycles. The lowest BCUT2D eigenvalue weighted by molar-refractivity contribution is -0.246. The number of rotatable bonds is 3. The maximum Gasteiger partial charge on any atom is 0.165 e. The van der Waals surface area contributed by atoms with Crippen LogP contribution < -0.4 is 0 Å². The highest BCUT2D eigenvalue weighted by atomic mass is 16.7. The van der Waals surface area contributed by atoms with Crippen LogP contribution in [0.5, 0.6) is 0 Å². The van der Waals surface area contributed by atoms with Crippen molar-refractivity contribution in [1.82, 2.24) is 0 Å². The van der Waals surface area contributed by atoms with E-state index in [1.807, 2.05) is 13.8 Å². The van der Waals surface area contributed by atoms with Crippen LogP contribution >= 0.6 is 0 Å². The fourth-order valence-electron chi connectivity index (χ4n) is 2.51. The molecule has 0 aromatic rings.